The second kappa shape index (κ2) is 6.72. The van der Waals surface area contributed by atoms with E-state index < -0.39 is 0 Å². The van der Waals surface area contributed by atoms with Crippen LogP contribution in [0.4, 0.5) is 0 Å². The van der Waals surface area contributed by atoms with Gasteiger partial charge in [-0.3, -0.25) is 4.79 Å². The Labute approximate surface area is 135 Å². The second-order valence-electron chi connectivity index (χ2n) is 5.47. The van der Waals surface area contributed by atoms with Gasteiger partial charge in [-0.1, -0.05) is 13.8 Å². The minimum absolute atomic E-state index is 0.165. The molecule has 1 aromatic heterocycles. The molecule has 0 bridgehead atoms. The van der Waals surface area contributed by atoms with Gasteiger partial charge in [-0.15, -0.1) is 11.3 Å². The van der Waals surface area contributed by atoms with E-state index in [2.05, 4.69) is 45.7 Å². The van der Waals surface area contributed by atoms with Crippen LogP contribution in [0, 0.1) is 11.8 Å². The van der Waals surface area contributed by atoms with Gasteiger partial charge in [0.1, 0.15) is 0 Å². The number of rotatable bonds is 2. The van der Waals surface area contributed by atoms with E-state index in [4.69, 9.17) is 0 Å². The zero-order valence-corrected chi connectivity index (χ0v) is 15.3. The van der Waals surface area contributed by atoms with E-state index in [1.165, 1.54) is 6.42 Å². The number of nitrogens with zero attached hydrogens (tertiary/aromatic N) is 1. The van der Waals surface area contributed by atoms with Gasteiger partial charge in [-0.2, -0.15) is 0 Å². The first-order chi connectivity index (χ1) is 8.99. The molecule has 1 aliphatic rings. The van der Waals surface area contributed by atoms with E-state index in [1.807, 2.05) is 11.0 Å². The van der Waals surface area contributed by atoms with Gasteiger partial charge in [0.2, 0.25) is 0 Å². The Bertz CT molecular complexity index is 458. The summed E-state index contributed by atoms with van der Waals surface area (Å²) in [6, 6.07) is 1.92. The van der Waals surface area contributed by atoms with Gasteiger partial charge in [0, 0.05) is 13.1 Å². The highest BCUT2D eigenvalue weighted by atomic mass is 79.9. The molecular weight excluding hydrogens is 390 g/mol. The molecule has 0 N–H and O–H groups in total. The summed E-state index contributed by atoms with van der Waals surface area (Å²) in [6.07, 6.45) is 3.50. The zero-order chi connectivity index (χ0) is 14.0. The Morgan fingerprint density at radius 1 is 1.37 bits per heavy atom. The molecule has 106 valence electrons. The fourth-order valence-electron chi connectivity index (χ4n) is 2.65. The maximum absolute atomic E-state index is 12.5. The third-order valence-corrected chi connectivity index (χ3v) is 6.23. The fraction of sp³-hybridized carbons (Fsp3) is 0.643. The molecular formula is C14H19Br2NOS. The van der Waals surface area contributed by atoms with Gasteiger partial charge in [0.15, 0.2) is 0 Å². The van der Waals surface area contributed by atoms with Crippen LogP contribution in [0.5, 0.6) is 0 Å². The maximum atomic E-state index is 12.5. The van der Waals surface area contributed by atoms with Crippen LogP contribution >= 0.6 is 43.2 Å². The van der Waals surface area contributed by atoms with E-state index >= 15 is 0 Å². The van der Waals surface area contributed by atoms with E-state index in [1.54, 1.807) is 11.3 Å². The number of amides is 1. The first kappa shape index (κ1) is 15.5. The topological polar surface area (TPSA) is 20.3 Å². The van der Waals surface area contributed by atoms with Crippen LogP contribution in [0.3, 0.4) is 0 Å². The van der Waals surface area contributed by atoms with E-state index in [0.717, 1.165) is 50.9 Å². The molecule has 0 aromatic carbocycles. The zero-order valence-electron chi connectivity index (χ0n) is 11.3. The molecule has 1 fully saturated rings. The summed E-state index contributed by atoms with van der Waals surface area (Å²) in [6.45, 7) is 6.35. The molecule has 1 aliphatic heterocycles. The molecule has 1 unspecified atom stereocenters. The van der Waals surface area contributed by atoms with E-state index in [0.29, 0.717) is 0 Å². The molecule has 2 heterocycles. The molecule has 0 saturated carbocycles. The lowest BCUT2D eigenvalue weighted by atomic mass is 9.89. The normalized spacial score (nSPS) is 20.7. The number of carbonyl (C=O) groups is 1. The molecule has 0 radical (unpaired) electrons. The van der Waals surface area contributed by atoms with Crippen LogP contribution in [0.2, 0.25) is 0 Å². The molecule has 1 saturated heterocycles. The van der Waals surface area contributed by atoms with Crippen molar-refractivity contribution in [3.63, 3.8) is 0 Å². The van der Waals surface area contributed by atoms with Crippen LogP contribution in [-0.4, -0.2) is 23.9 Å². The van der Waals surface area contributed by atoms with Crippen LogP contribution in [0.15, 0.2) is 13.6 Å². The largest absolute Gasteiger partial charge is 0.339 e. The van der Waals surface area contributed by atoms with Crippen molar-refractivity contribution in [2.75, 3.05) is 13.1 Å². The average molecular weight is 409 g/mol. The Morgan fingerprint density at radius 3 is 2.68 bits per heavy atom. The Hall–Kier alpha value is 0.130. The fourth-order valence-corrected chi connectivity index (χ4v) is 5.43. The highest BCUT2D eigenvalue weighted by Gasteiger charge is 2.25. The second-order valence-corrected chi connectivity index (χ2v) is 9.21. The van der Waals surface area contributed by atoms with Gasteiger partial charge < -0.3 is 4.90 Å². The molecule has 19 heavy (non-hydrogen) atoms. The first-order valence-corrected chi connectivity index (χ1v) is 9.13. The van der Waals surface area contributed by atoms with Crippen LogP contribution in [-0.2, 0) is 0 Å². The lowest BCUT2D eigenvalue weighted by Gasteiger charge is -2.21. The van der Waals surface area contributed by atoms with Crippen molar-refractivity contribution >= 4 is 49.1 Å². The lowest BCUT2D eigenvalue weighted by molar-refractivity contribution is 0.0758. The smallest absolute Gasteiger partial charge is 0.255 e. The third kappa shape index (κ3) is 3.82. The van der Waals surface area contributed by atoms with E-state index in [9.17, 15) is 4.79 Å². The highest BCUT2D eigenvalue weighted by Crippen LogP contribution is 2.33. The lowest BCUT2D eigenvalue weighted by Crippen LogP contribution is -2.32. The summed E-state index contributed by atoms with van der Waals surface area (Å²) in [5.41, 5.74) is 0.792. The van der Waals surface area contributed by atoms with Gasteiger partial charge in [0.25, 0.3) is 5.91 Å². The molecule has 0 aliphatic carbocycles. The number of hydrogen-bond acceptors (Lipinski definition) is 2. The Morgan fingerprint density at radius 2 is 2.11 bits per heavy atom. The summed E-state index contributed by atoms with van der Waals surface area (Å²) in [4.78, 5) is 14.6. The summed E-state index contributed by atoms with van der Waals surface area (Å²) in [7, 11) is 0. The molecule has 2 rings (SSSR count). The van der Waals surface area contributed by atoms with Crippen molar-refractivity contribution in [2.45, 2.75) is 33.1 Å². The summed E-state index contributed by atoms with van der Waals surface area (Å²) >= 11 is 8.48. The van der Waals surface area contributed by atoms with E-state index in [-0.39, 0.29) is 5.91 Å². The average Bonchev–Trinajstić information content (AvgIpc) is 2.57. The number of likely N-dealkylation sites (tertiary alicyclic amines) is 1. The highest BCUT2D eigenvalue weighted by molar-refractivity contribution is 9.12. The van der Waals surface area contributed by atoms with Gasteiger partial charge in [0.05, 0.1) is 13.1 Å². The maximum Gasteiger partial charge on any atom is 0.255 e. The predicted molar refractivity (Wildman–Crippen MR) is 87.8 cm³/mol. The first-order valence-electron chi connectivity index (χ1n) is 6.73. The van der Waals surface area contributed by atoms with Crippen molar-refractivity contribution < 1.29 is 4.79 Å². The summed E-state index contributed by atoms with van der Waals surface area (Å²) in [5.74, 6) is 1.64. The molecule has 1 amide bonds. The third-order valence-electron chi connectivity index (χ3n) is 3.89. The predicted octanol–water partition coefficient (Wildman–Crippen LogP) is 5.17. The Balaban J connectivity index is 2.06. The van der Waals surface area contributed by atoms with Crippen molar-refractivity contribution in [2.24, 2.45) is 11.8 Å². The summed E-state index contributed by atoms with van der Waals surface area (Å²) in [5, 5.41) is 0. The Kier molecular flexibility index (Phi) is 5.49. The quantitative estimate of drug-likeness (QED) is 0.660. The van der Waals surface area contributed by atoms with Crippen molar-refractivity contribution in [3.8, 4) is 0 Å². The van der Waals surface area contributed by atoms with Gasteiger partial charge >= 0.3 is 0 Å². The van der Waals surface area contributed by atoms with Gasteiger partial charge in [-0.05, 0) is 69.0 Å². The summed E-state index contributed by atoms with van der Waals surface area (Å²) < 4.78 is 1.92. The van der Waals surface area contributed by atoms with Crippen LogP contribution < -0.4 is 0 Å². The number of carbonyl (C=O) groups excluding carboxylic acids is 1. The van der Waals surface area contributed by atoms with Gasteiger partial charge in [-0.25, -0.2) is 0 Å². The van der Waals surface area contributed by atoms with Crippen LogP contribution in [0.25, 0.3) is 0 Å². The molecule has 1 atom stereocenters. The monoisotopic (exact) mass is 407 g/mol. The molecule has 5 heteroatoms. The minimum atomic E-state index is 0.165. The van der Waals surface area contributed by atoms with Crippen molar-refractivity contribution in [3.05, 3.63) is 19.2 Å². The van der Waals surface area contributed by atoms with Crippen molar-refractivity contribution in [1.82, 2.24) is 4.90 Å². The van der Waals surface area contributed by atoms with Crippen LogP contribution in [0.1, 0.15) is 43.5 Å². The van der Waals surface area contributed by atoms with Crippen molar-refractivity contribution in [1.29, 1.82) is 0 Å². The molecule has 1 aromatic rings. The number of thiophene rings is 1. The minimum Gasteiger partial charge on any atom is -0.339 e. The number of halogens is 2. The number of hydrogen-bond donors (Lipinski definition) is 0. The molecule has 2 nitrogen and oxygen atoms in total. The standard InChI is InChI=1S/C14H19Br2NOS/c1-9(2)10-4-3-6-17(7-5-10)14(18)11-8-12(15)19-13(11)16/h8-10H,3-7H2,1-2H3. The SMILES string of the molecule is CC(C)C1CCCN(C(=O)c2cc(Br)sc2Br)CC1. The molecule has 0 spiro atoms.